The minimum Gasteiger partial charge on any atom is -0.465 e. The Morgan fingerprint density at radius 1 is 1.25 bits per heavy atom. The van der Waals surface area contributed by atoms with Crippen LogP contribution in [0.2, 0.25) is 0 Å². The van der Waals surface area contributed by atoms with E-state index in [1.807, 2.05) is 25.2 Å². The maximum Gasteiger partial charge on any atom is 0.410 e. The van der Waals surface area contributed by atoms with Crippen LogP contribution in [-0.4, -0.2) is 70.0 Å². The van der Waals surface area contributed by atoms with E-state index in [2.05, 4.69) is 9.72 Å². The highest BCUT2D eigenvalue weighted by atomic mass is 19.1. The number of aromatic nitrogens is 2. The first kappa shape index (κ1) is 25.6. The number of carbonyl (C=O) groups excluding carboxylic acids is 2. The standard InChI is InChI=1S/C26H30FN3O6/c1-26(2,3)36-25(33)29-9-10-35-18(14-29)13-21-23(28-22-11-16(15-31)7-8-30(21)22)19-6-5-17(12-20(19)27)24(32)34-4/h5-8,11-12,18,31H,9-10,13-15H2,1-4H3/t18-/m0/s1. The lowest BCUT2D eigenvalue weighted by atomic mass is 10.0. The van der Waals surface area contributed by atoms with Crippen molar-refractivity contribution < 1.29 is 33.3 Å². The first-order chi connectivity index (χ1) is 17.1. The zero-order valence-corrected chi connectivity index (χ0v) is 20.8. The monoisotopic (exact) mass is 499 g/mol. The number of morpholine rings is 1. The van der Waals surface area contributed by atoms with E-state index in [4.69, 9.17) is 9.47 Å². The van der Waals surface area contributed by atoms with Crippen LogP contribution in [-0.2, 0) is 27.2 Å². The number of aliphatic hydroxyl groups excluding tert-OH is 1. The van der Waals surface area contributed by atoms with Crippen LogP contribution in [0.15, 0.2) is 36.5 Å². The number of benzene rings is 1. The number of nitrogens with zero attached hydrogens (tertiary/aromatic N) is 3. The second-order valence-electron chi connectivity index (χ2n) is 9.64. The van der Waals surface area contributed by atoms with E-state index < -0.39 is 23.5 Å². The summed E-state index contributed by atoms with van der Waals surface area (Å²) in [6.07, 6.45) is 1.32. The van der Waals surface area contributed by atoms with Crippen molar-refractivity contribution in [3.05, 3.63) is 59.2 Å². The lowest BCUT2D eigenvalue weighted by Gasteiger charge is -2.34. The third-order valence-corrected chi connectivity index (χ3v) is 5.83. The number of fused-ring (bicyclic) bond motifs is 1. The third kappa shape index (κ3) is 5.50. The van der Waals surface area contributed by atoms with Gasteiger partial charge >= 0.3 is 12.1 Å². The number of carbonyl (C=O) groups is 2. The Kier molecular flexibility index (Phi) is 7.28. The molecule has 1 aliphatic rings. The van der Waals surface area contributed by atoms with Crippen molar-refractivity contribution in [1.29, 1.82) is 0 Å². The topological polar surface area (TPSA) is 103 Å². The number of esters is 1. The Morgan fingerprint density at radius 3 is 2.69 bits per heavy atom. The second-order valence-corrected chi connectivity index (χ2v) is 9.64. The zero-order chi connectivity index (χ0) is 26.0. The molecule has 0 unspecified atom stereocenters. The van der Waals surface area contributed by atoms with Gasteiger partial charge in [0.25, 0.3) is 0 Å². The molecule has 1 aromatic carbocycles. The molecule has 0 spiro atoms. The number of halogens is 1. The van der Waals surface area contributed by atoms with Gasteiger partial charge in [0, 0.05) is 24.7 Å². The molecule has 192 valence electrons. The molecule has 1 saturated heterocycles. The molecule has 3 aromatic rings. The molecule has 0 radical (unpaired) electrons. The summed E-state index contributed by atoms with van der Waals surface area (Å²) in [7, 11) is 1.23. The SMILES string of the molecule is COC(=O)c1ccc(-c2nc3cc(CO)ccn3c2C[C@H]2CN(C(=O)OC(C)(C)C)CCO2)c(F)c1. The molecular formula is C26H30FN3O6. The van der Waals surface area contributed by atoms with Gasteiger partial charge in [-0.15, -0.1) is 0 Å². The number of methoxy groups -OCH3 is 1. The van der Waals surface area contributed by atoms with Crippen LogP contribution in [0.4, 0.5) is 9.18 Å². The molecule has 2 aromatic heterocycles. The van der Waals surface area contributed by atoms with Crippen molar-refractivity contribution in [2.75, 3.05) is 26.8 Å². The van der Waals surface area contributed by atoms with E-state index >= 15 is 4.39 Å². The summed E-state index contributed by atoms with van der Waals surface area (Å²) >= 11 is 0. The molecule has 1 N–H and O–H groups in total. The molecule has 0 bridgehead atoms. The highest BCUT2D eigenvalue weighted by molar-refractivity contribution is 5.90. The molecule has 4 rings (SSSR count). The van der Waals surface area contributed by atoms with Gasteiger partial charge in [-0.3, -0.25) is 0 Å². The maximum absolute atomic E-state index is 15.2. The fraction of sp³-hybridized carbons (Fsp3) is 0.423. The van der Waals surface area contributed by atoms with Crippen molar-refractivity contribution >= 4 is 17.7 Å². The molecule has 10 heteroatoms. The molecule has 36 heavy (non-hydrogen) atoms. The van der Waals surface area contributed by atoms with E-state index in [0.29, 0.717) is 48.7 Å². The van der Waals surface area contributed by atoms with E-state index in [-0.39, 0.29) is 23.8 Å². The van der Waals surface area contributed by atoms with Gasteiger partial charge in [-0.25, -0.2) is 19.0 Å². The summed E-state index contributed by atoms with van der Waals surface area (Å²) < 4.78 is 33.2. The quantitative estimate of drug-likeness (QED) is 0.535. The Bertz CT molecular complexity index is 1280. The average molecular weight is 500 g/mol. The molecule has 3 heterocycles. The molecule has 0 aliphatic carbocycles. The first-order valence-electron chi connectivity index (χ1n) is 11.7. The predicted molar refractivity (Wildman–Crippen MR) is 129 cm³/mol. The van der Waals surface area contributed by atoms with Crippen LogP contribution in [0.25, 0.3) is 16.9 Å². The van der Waals surface area contributed by atoms with Gasteiger partial charge in [0.2, 0.25) is 0 Å². The highest BCUT2D eigenvalue weighted by Crippen LogP contribution is 2.30. The number of ether oxygens (including phenoxy) is 3. The van der Waals surface area contributed by atoms with E-state index in [0.717, 1.165) is 6.07 Å². The summed E-state index contributed by atoms with van der Waals surface area (Å²) in [6, 6.07) is 7.58. The van der Waals surface area contributed by atoms with Crippen molar-refractivity contribution in [3.8, 4) is 11.3 Å². The van der Waals surface area contributed by atoms with E-state index in [1.54, 1.807) is 23.2 Å². The highest BCUT2D eigenvalue weighted by Gasteiger charge is 2.30. The fourth-order valence-corrected chi connectivity index (χ4v) is 4.15. The largest absolute Gasteiger partial charge is 0.465 e. The number of imidazole rings is 1. The molecule has 9 nitrogen and oxygen atoms in total. The summed E-state index contributed by atoms with van der Waals surface area (Å²) in [5.41, 5.74) is 1.95. The Labute approximate surface area is 208 Å². The predicted octanol–water partition coefficient (Wildman–Crippen LogP) is 3.60. The van der Waals surface area contributed by atoms with Crippen LogP contribution >= 0.6 is 0 Å². The molecule has 1 amide bonds. The van der Waals surface area contributed by atoms with Crippen LogP contribution in [0.5, 0.6) is 0 Å². The van der Waals surface area contributed by atoms with Crippen LogP contribution in [0, 0.1) is 5.82 Å². The van der Waals surface area contributed by atoms with Gasteiger partial charge in [0.05, 0.1) is 49.9 Å². The number of hydrogen-bond donors (Lipinski definition) is 1. The van der Waals surface area contributed by atoms with Crippen LogP contribution in [0.1, 0.15) is 42.4 Å². The first-order valence-corrected chi connectivity index (χ1v) is 11.7. The van der Waals surface area contributed by atoms with Gasteiger partial charge in [-0.2, -0.15) is 0 Å². The number of pyridine rings is 1. The van der Waals surface area contributed by atoms with Crippen LogP contribution < -0.4 is 0 Å². The number of amides is 1. The Balaban J connectivity index is 1.69. The molecule has 1 fully saturated rings. The molecule has 1 atom stereocenters. The minimum absolute atomic E-state index is 0.0928. The van der Waals surface area contributed by atoms with Crippen molar-refractivity contribution in [1.82, 2.24) is 14.3 Å². The normalized spacial score (nSPS) is 16.3. The Hall–Kier alpha value is -3.50. The van der Waals surface area contributed by atoms with Gasteiger partial charge in [0.15, 0.2) is 0 Å². The zero-order valence-electron chi connectivity index (χ0n) is 20.8. The fourth-order valence-electron chi connectivity index (χ4n) is 4.15. The maximum atomic E-state index is 15.2. The summed E-state index contributed by atoms with van der Waals surface area (Å²) in [4.78, 5) is 30.7. The second kappa shape index (κ2) is 10.2. The van der Waals surface area contributed by atoms with E-state index in [9.17, 15) is 14.7 Å². The lowest BCUT2D eigenvalue weighted by molar-refractivity contribution is -0.0418. The third-order valence-electron chi connectivity index (χ3n) is 5.83. The van der Waals surface area contributed by atoms with Crippen LogP contribution in [0.3, 0.4) is 0 Å². The average Bonchev–Trinajstić information content (AvgIpc) is 3.19. The smallest absolute Gasteiger partial charge is 0.410 e. The van der Waals surface area contributed by atoms with Crippen molar-refractivity contribution in [2.24, 2.45) is 0 Å². The van der Waals surface area contributed by atoms with Gasteiger partial charge < -0.3 is 28.6 Å². The summed E-state index contributed by atoms with van der Waals surface area (Å²) in [6.45, 7) is 6.34. The van der Waals surface area contributed by atoms with Gasteiger partial charge in [-0.1, -0.05) is 0 Å². The molecular weight excluding hydrogens is 469 g/mol. The summed E-state index contributed by atoms with van der Waals surface area (Å²) in [5.74, 6) is -1.26. The number of hydrogen-bond acceptors (Lipinski definition) is 7. The van der Waals surface area contributed by atoms with Crippen molar-refractivity contribution in [3.63, 3.8) is 0 Å². The van der Waals surface area contributed by atoms with Crippen molar-refractivity contribution in [2.45, 2.75) is 45.5 Å². The Morgan fingerprint density at radius 2 is 2.03 bits per heavy atom. The number of aliphatic hydroxyl groups is 1. The molecule has 0 saturated carbocycles. The summed E-state index contributed by atoms with van der Waals surface area (Å²) in [5, 5.41) is 9.55. The lowest BCUT2D eigenvalue weighted by Crippen LogP contribution is -2.48. The number of rotatable bonds is 5. The van der Waals surface area contributed by atoms with E-state index in [1.165, 1.54) is 19.2 Å². The molecule has 1 aliphatic heterocycles. The van der Waals surface area contributed by atoms with Gasteiger partial charge in [-0.05, 0) is 56.7 Å². The van der Waals surface area contributed by atoms with Gasteiger partial charge in [0.1, 0.15) is 17.1 Å². The minimum atomic E-state index is -0.638.